The Hall–Kier alpha value is -3.36. The highest BCUT2D eigenvalue weighted by atomic mass is 16.5. The SMILES string of the molecule is CCOC(=O)c1nn(CC2CC2)c2c1CN(C(=O)C[C@H]1C(=O)Nc3cc(OC)ccc31)CC2. The molecule has 0 bridgehead atoms. The van der Waals surface area contributed by atoms with Gasteiger partial charge in [-0.2, -0.15) is 5.10 Å². The zero-order chi connectivity index (χ0) is 23.1. The van der Waals surface area contributed by atoms with Gasteiger partial charge in [-0.15, -0.1) is 0 Å². The molecule has 9 heteroatoms. The van der Waals surface area contributed by atoms with E-state index in [2.05, 4.69) is 10.4 Å². The molecule has 174 valence electrons. The Morgan fingerprint density at radius 3 is 2.82 bits per heavy atom. The summed E-state index contributed by atoms with van der Waals surface area (Å²) in [6.07, 6.45) is 3.08. The van der Waals surface area contributed by atoms with Crippen molar-refractivity contribution in [3.8, 4) is 5.75 Å². The van der Waals surface area contributed by atoms with Crippen molar-refractivity contribution in [2.75, 3.05) is 25.6 Å². The van der Waals surface area contributed by atoms with Crippen LogP contribution in [0.4, 0.5) is 5.69 Å². The Morgan fingerprint density at radius 2 is 2.09 bits per heavy atom. The molecule has 1 saturated carbocycles. The highest BCUT2D eigenvalue weighted by Crippen LogP contribution is 2.38. The predicted octanol–water partition coefficient (Wildman–Crippen LogP) is 2.49. The number of rotatable bonds is 7. The molecular formula is C24H28N4O5. The fraction of sp³-hybridized carbons (Fsp3) is 0.500. The third-order valence-electron chi connectivity index (χ3n) is 6.67. The fourth-order valence-electron chi connectivity index (χ4n) is 4.71. The number of anilines is 1. The molecule has 9 nitrogen and oxygen atoms in total. The zero-order valence-electron chi connectivity index (χ0n) is 18.9. The number of aromatic nitrogens is 2. The van der Waals surface area contributed by atoms with Crippen LogP contribution in [0.2, 0.25) is 0 Å². The van der Waals surface area contributed by atoms with Crippen LogP contribution in [0.15, 0.2) is 18.2 Å². The number of methoxy groups -OCH3 is 1. The van der Waals surface area contributed by atoms with Gasteiger partial charge in [-0.25, -0.2) is 4.79 Å². The highest BCUT2D eigenvalue weighted by Gasteiger charge is 2.36. The number of ether oxygens (including phenoxy) is 2. The van der Waals surface area contributed by atoms with Crippen LogP contribution < -0.4 is 10.1 Å². The number of nitrogens with zero attached hydrogens (tertiary/aromatic N) is 3. The molecule has 3 aliphatic rings. The molecule has 3 heterocycles. The standard InChI is InChI=1S/C24H28N4O5/c1-3-33-24(31)22-18-13-27(9-8-20(18)28(26-22)12-14-4-5-14)21(29)11-17-16-7-6-15(32-2)10-19(16)25-23(17)30/h6-7,10,14,17H,3-5,8-9,11-13H2,1-2H3,(H,25,30)/t17-/m1/s1. The number of hydrogen-bond acceptors (Lipinski definition) is 6. The Kier molecular flexibility index (Phi) is 5.55. The van der Waals surface area contributed by atoms with Crippen LogP contribution in [-0.2, 0) is 33.8 Å². The number of hydrogen-bond donors (Lipinski definition) is 1. The second kappa shape index (κ2) is 8.53. The second-order valence-corrected chi connectivity index (χ2v) is 8.88. The fourth-order valence-corrected chi connectivity index (χ4v) is 4.71. The van der Waals surface area contributed by atoms with Gasteiger partial charge in [0.2, 0.25) is 11.8 Å². The first-order chi connectivity index (χ1) is 16.0. The van der Waals surface area contributed by atoms with E-state index in [0.29, 0.717) is 42.6 Å². The van der Waals surface area contributed by atoms with Crippen molar-refractivity contribution in [2.24, 2.45) is 5.92 Å². The Morgan fingerprint density at radius 1 is 1.27 bits per heavy atom. The van der Waals surface area contributed by atoms with Gasteiger partial charge in [0.05, 0.1) is 19.6 Å². The molecule has 2 aromatic rings. The molecule has 2 amide bonds. The first-order valence-electron chi connectivity index (χ1n) is 11.5. The van der Waals surface area contributed by atoms with Gasteiger partial charge in [0.15, 0.2) is 5.69 Å². The molecule has 33 heavy (non-hydrogen) atoms. The van der Waals surface area contributed by atoms with Crippen molar-refractivity contribution in [3.63, 3.8) is 0 Å². The van der Waals surface area contributed by atoms with Crippen LogP contribution in [0, 0.1) is 5.92 Å². The molecule has 5 rings (SSSR count). The normalized spacial score (nSPS) is 19.0. The number of esters is 1. The average molecular weight is 453 g/mol. The highest BCUT2D eigenvalue weighted by molar-refractivity contribution is 6.05. The van der Waals surface area contributed by atoms with Crippen LogP contribution in [0.3, 0.4) is 0 Å². The third-order valence-corrected chi connectivity index (χ3v) is 6.67. The molecule has 1 atom stereocenters. The van der Waals surface area contributed by atoms with Gasteiger partial charge in [-0.05, 0) is 37.3 Å². The molecule has 1 fully saturated rings. The Bertz CT molecular complexity index is 1120. The average Bonchev–Trinajstić information content (AvgIpc) is 3.48. The van der Waals surface area contributed by atoms with E-state index >= 15 is 0 Å². The number of fused-ring (bicyclic) bond motifs is 2. The van der Waals surface area contributed by atoms with Gasteiger partial charge in [-0.1, -0.05) is 6.07 Å². The van der Waals surface area contributed by atoms with Crippen molar-refractivity contribution in [3.05, 3.63) is 40.7 Å². The Labute approximate surface area is 192 Å². The quantitative estimate of drug-likeness (QED) is 0.648. The molecule has 1 aromatic carbocycles. The maximum atomic E-state index is 13.2. The van der Waals surface area contributed by atoms with E-state index in [9.17, 15) is 14.4 Å². The third kappa shape index (κ3) is 4.07. The van der Waals surface area contributed by atoms with Gasteiger partial charge >= 0.3 is 5.97 Å². The molecule has 1 N–H and O–H groups in total. The van der Waals surface area contributed by atoms with E-state index in [1.807, 2.05) is 10.7 Å². The lowest BCUT2D eigenvalue weighted by molar-refractivity contribution is -0.134. The molecule has 0 unspecified atom stereocenters. The molecular weight excluding hydrogens is 424 g/mol. The largest absolute Gasteiger partial charge is 0.497 e. The topological polar surface area (TPSA) is 103 Å². The van der Waals surface area contributed by atoms with E-state index in [1.165, 1.54) is 12.8 Å². The van der Waals surface area contributed by atoms with Crippen molar-refractivity contribution in [1.82, 2.24) is 14.7 Å². The number of nitrogens with one attached hydrogen (secondary N) is 1. The van der Waals surface area contributed by atoms with Gasteiger partial charge < -0.3 is 19.7 Å². The maximum Gasteiger partial charge on any atom is 0.359 e. The van der Waals surface area contributed by atoms with Crippen LogP contribution in [0.5, 0.6) is 5.75 Å². The summed E-state index contributed by atoms with van der Waals surface area (Å²) in [6.45, 7) is 3.68. The summed E-state index contributed by atoms with van der Waals surface area (Å²) in [5.74, 6) is -0.0249. The van der Waals surface area contributed by atoms with Crippen molar-refractivity contribution in [1.29, 1.82) is 0 Å². The second-order valence-electron chi connectivity index (χ2n) is 8.88. The van der Waals surface area contributed by atoms with Gasteiger partial charge in [-0.3, -0.25) is 14.3 Å². The number of benzene rings is 1. The summed E-state index contributed by atoms with van der Waals surface area (Å²) in [6, 6.07) is 5.40. The lowest BCUT2D eigenvalue weighted by atomic mass is 9.95. The van der Waals surface area contributed by atoms with Gasteiger partial charge in [0.1, 0.15) is 5.75 Å². The van der Waals surface area contributed by atoms with E-state index in [0.717, 1.165) is 23.4 Å². The molecule has 2 aliphatic heterocycles. The number of carbonyl (C=O) groups excluding carboxylic acids is 3. The predicted molar refractivity (Wildman–Crippen MR) is 119 cm³/mol. The number of carbonyl (C=O) groups is 3. The lowest BCUT2D eigenvalue weighted by Crippen LogP contribution is -2.38. The minimum atomic E-state index is -0.540. The van der Waals surface area contributed by atoms with E-state index in [4.69, 9.17) is 9.47 Å². The van der Waals surface area contributed by atoms with E-state index < -0.39 is 11.9 Å². The zero-order valence-corrected chi connectivity index (χ0v) is 18.9. The molecule has 1 aliphatic carbocycles. The smallest absolute Gasteiger partial charge is 0.359 e. The van der Waals surface area contributed by atoms with Crippen LogP contribution in [0.25, 0.3) is 0 Å². The first-order valence-corrected chi connectivity index (χ1v) is 11.5. The summed E-state index contributed by atoms with van der Waals surface area (Å²) in [4.78, 5) is 40.1. The summed E-state index contributed by atoms with van der Waals surface area (Å²) >= 11 is 0. The monoisotopic (exact) mass is 452 g/mol. The van der Waals surface area contributed by atoms with Crippen molar-refractivity contribution < 1.29 is 23.9 Å². The van der Waals surface area contributed by atoms with E-state index in [-0.39, 0.29) is 24.8 Å². The van der Waals surface area contributed by atoms with Crippen molar-refractivity contribution in [2.45, 2.75) is 51.6 Å². The minimum absolute atomic E-state index is 0.0748. The van der Waals surface area contributed by atoms with Gasteiger partial charge in [0, 0.05) is 55.5 Å². The first kappa shape index (κ1) is 21.5. The number of amides is 2. The Balaban J connectivity index is 1.35. The van der Waals surface area contributed by atoms with Crippen molar-refractivity contribution >= 4 is 23.5 Å². The van der Waals surface area contributed by atoms with E-state index in [1.54, 1.807) is 31.1 Å². The summed E-state index contributed by atoms with van der Waals surface area (Å²) < 4.78 is 12.4. The minimum Gasteiger partial charge on any atom is -0.497 e. The molecule has 0 radical (unpaired) electrons. The van der Waals surface area contributed by atoms with Gasteiger partial charge in [0.25, 0.3) is 0 Å². The maximum absolute atomic E-state index is 13.2. The van der Waals surface area contributed by atoms with Crippen LogP contribution in [0.1, 0.15) is 59.4 Å². The molecule has 0 saturated heterocycles. The van der Waals surface area contributed by atoms with Crippen LogP contribution in [-0.4, -0.2) is 52.7 Å². The molecule has 1 aromatic heterocycles. The molecule has 0 spiro atoms. The summed E-state index contributed by atoms with van der Waals surface area (Å²) in [5.41, 5.74) is 3.58. The summed E-state index contributed by atoms with van der Waals surface area (Å²) in [5, 5.41) is 7.42. The lowest BCUT2D eigenvalue weighted by Gasteiger charge is -2.28. The van der Waals surface area contributed by atoms with Crippen LogP contribution >= 0.6 is 0 Å². The summed E-state index contributed by atoms with van der Waals surface area (Å²) in [7, 11) is 1.57.